The summed E-state index contributed by atoms with van der Waals surface area (Å²) in [5.74, 6) is 0. The Balaban J connectivity index is 3.76. The van der Waals surface area contributed by atoms with Gasteiger partial charge in [-0.1, -0.05) is 57.9 Å². The molecule has 0 aliphatic carbocycles. The van der Waals surface area contributed by atoms with E-state index in [1.54, 1.807) is 0 Å². The fourth-order valence-corrected chi connectivity index (χ4v) is 1.72. The van der Waals surface area contributed by atoms with Crippen molar-refractivity contribution < 1.29 is 9.47 Å². The second-order valence-electron chi connectivity index (χ2n) is 5.07. The molecule has 0 radical (unpaired) electrons. The molecule has 0 aromatic rings. The monoisotopic (exact) mass is 282 g/mol. The van der Waals surface area contributed by atoms with Crippen molar-refractivity contribution in [2.75, 3.05) is 13.2 Å². The van der Waals surface area contributed by atoms with Gasteiger partial charge in [0.2, 0.25) is 0 Å². The quantitative estimate of drug-likeness (QED) is 0.233. The maximum absolute atomic E-state index is 5.81. The average Bonchev–Trinajstić information content (AvgIpc) is 2.46. The largest absolute Gasteiger partial charge is 0.353 e. The predicted octanol–water partition coefficient (Wildman–Crippen LogP) is 5.64. The number of unbranched alkanes of at least 4 members (excludes halogenated alkanes) is 3. The molecule has 20 heavy (non-hydrogen) atoms. The van der Waals surface area contributed by atoms with Crippen LogP contribution in [0.3, 0.4) is 0 Å². The van der Waals surface area contributed by atoms with Gasteiger partial charge in [-0.05, 0) is 38.5 Å². The van der Waals surface area contributed by atoms with E-state index in [2.05, 4.69) is 45.1 Å². The number of hydrogen-bond donors (Lipinski definition) is 0. The Labute approximate surface area is 126 Å². The molecule has 0 aromatic carbocycles. The van der Waals surface area contributed by atoms with Crippen LogP contribution in [0, 0.1) is 0 Å². The molecule has 0 fully saturated rings. The summed E-state index contributed by atoms with van der Waals surface area (Å²) in [6, 6.07) is 0. The smallest absolute Gasteiger partial charge is 0.157 e. The van der Waals surface area contributed by atoms with Gasteiger partial charge in [0.05, 0.1) is 0 Å². The summed E-state index contributed by atoms with van der Waals surface area (Å²) in [6.45, 7) is 8.16. The van der Waals surface area contributed by atoms with Gasteiger partial charge in [-0.3, -0.25) is 0 Å². The molecule has 0 rings (SSSR count). The third-order valence-electron chi connectivity index (χ3n) is 3.03. The molecule has 0 bridgehead atoms. The lowest BCUT2D eigenvalue weighted by Crippen LogP contribution is -2.18. The Morgan fingerprint density at radius 1 is 0.800 bits per heavy atom. The molecule has 0 aliphatic rings. The fourth-order valence-electron chi connectivity index (χ4n) is 1.72. The molecule has 0 aromatic heterocycles. The number of ether oxygens (including phenoxy) is 2. The summed E-state index contributed by atoms with van der Waals surface area (Å²) < 4.78 is 11.6. The number of allylic oxidation sites excluding steroid dienone is 4. The van der Waals surface area contributed by atoms with E-state index in [1.807, 2.05) is 0 Å². The molecule has 0 atom stereocenters. The first-order valence-corrected chi connectivity index (χ1v) is 8.39. The van der Waals surface area contributed by atoms with Crippen LogP contribution < -0.4 is 0 Å². The van der Waals surface area contributed by atoms with Crippen molar-refractivity contribution in [3.05, 3.63) is 24.3 Å². The van der Waals surface area contributed by atoms with Crippen LogP contribution in [0.2, 0.25) is 0 Å². The highest BCUT2D eigenvalue weighted by atomic mass is 16.7. The van der Waals surface area contributed by atoms with Crippen molar-refractivity contribution in [2.45, 2.75) is 78.4 Å². The second-order valence-corrected chi connectivity index (χ2v) is 5.07. The summed E-state index contributed by atoms with van der Waals surface area (Å²) in [4.78, 5) is 0. The summed E-state index contributed by atoms with van der Waals surface area (Å²) in [5, 5.41) is 0. The third-order valence-corrected chi connectivity index (χ3v) is 3.03. The Morgan fingerprint density at radius 2 is 1.40 bits per heavy atom. The van der Waals surface area contributed by atoms with E-state index in [4.69, 9.17) is 9.47 Å². The van der Waals surface area contributed by atoms with E-state index in [9.17, 15) is 0 Å². The lowest BCUT2D eigenvalue weighted by molar-refractivity contribution is -0.147. The van der Waals surface area contributed by atoms with E-state index in [-0.39, 0.29) is 6.29 Å². The molecular formula is C18H34O2. The van der Waals surface area contributed by atoms with Crippen LogP contribution in [0.4, 0.5) is 0 Å². The normalized spacial score (nSPS) is 12.2. The molecule has 0 heterocycles. The van der Waals surface area contributed by atoms with Crippen molar-refractivity contribution in [3.63, 3.8) is 0 Å². The van der Waals surface area contributed by atoms with Gasteiger partial charge in [0, 0.05) is 13.2 Å². The van der Waals surface area contributed by atoms with Gasteiger partial charge in [-0.15, -0.1) is 0 Å². The van der Waals surface area contributed by atoms with E-state index in [0.29, 0.717) is 0 Å². The van der Waals surface area contributed by atoms with Crippen molar-refractivity contribution in [3.8, 4) is 0 Å². The van der Waals surface area contributed by atoms with E-state index in [1.165, 1.54) is 12.8 Å². The van der Waals surface area contributed by atoms with Gasteiger partial charge in [-0.25, -0.2) is 0 Å². The molecule has 0 amide bonds. The lowest BCUT2D eigenvalue weighted by atomic mass is 10.2. The average molecular weight is 282 g/mol. The van der Waals surface area contributed by atoms with Crippen LogP contribution >= 0.6 is 0 Å². The van der Waals surface area contributed by atoms with Crippen LogP contribution in [0.25, 0.3) is 0 Å². The van der Waals surface area contributed by atoms with Crippen LogP contribution in [0.1, 0.15) is 72.1 Å². The summed E-state index contributed by atoms with van der Waals surface area (Å²) in [6.07, 6.45) is 17.5. The van der Waals surface area contributed by atoms with Gasteiger partial charge >= 0.3 is 0 Å². The third kappa shape index (κ3) is 13.8. The molecule has 0 saturated heterocycles. The number of rotatable bonds is 14. The first-order chi connectivity index (χ1) is 9.85. The molecule has 2 nitrogen and oxygen atoms in total. The van der Waals surface area contributed by atoms with Gasteiger partial charge in [-0.2, -0.15) is 0 Å². The second kappa shape index (κ2) is 16.5. The van der Waals surface area contributed by atoms with Crippen LogP contribution in [-0.4, -0.2) is 19.5 Å². The zero-order valence-electron chi connectivity index (χ0n) is 13.8. The van der Waals surface area contributed by atoms with Gasteiger partial charge in [0.15, 0.2) is 6.29 Å². The lowest BCUT2D eigenvalue weighted by Gasteiger charge is -2.18. The first kappa shape index (κ1) is 19.4. The molecule has 0 unspecified atom stereocenters. The zero-order valence-corrected chi connectivity index (χ0v) is 13.8. The van der Waals surface area contributed by atoms with Crippen molar-refractivity contribution in [1.82, 2.24) is 0 Å². The molecular weight excluding hydrogens is 248 g/mol. The van der Waals surface area contributed by atoms with E-state index >= 15 is 0 Å². The standard InChI is InChI=1S/C18H34O2/c1-4-7-10-11-12-13-14-15-18(19-16-8-5-2)20-17-9-6-3/h7,10-12,18H,4-6,8-9,13-17H2,1-3H3. The van der Waals surface area contributed by atoms with E-state index in [0.717, 1.165) is 51.7 Å². The van der Waals surface area contributed by atoms with Gasteiger partial charge in [0.1, 0.15) is 0 Å². The molecule has 0 saturated carbocycles. The SMILES string of the molecule is CCC=CC=CCCCC(OCCCC)OCCCC. The van der Waals surface area contributed by atoms with Crippen LogP contribution in [-0.2, 0) is 9.47 Å². The molecule has 0 aliphatic heterocycles. The van der Waals surface area contributed by atoms with Crippen molar-refractivity contribution in [1.29, 1.82) is 0 Å². The van der Waals surface area contributed by atoms with Crippen LogP contribution in [0.15, 0.2) is 24.3 Å². The highest BCUT2D eigenvalue weighted by molar-refractivity contribution is 5.01. The van der Waals surface area contributed by atoms with Crippen molar-refractivity contribution >= 4 is 0 Å². The minimum absolute atomic E-state index is 0.00677. The summed E-state index contributed by atoms with van der Waals surface area (Å²) >= 11 is 0. The maximum atomic E-state index is 5.81. The fraction of sp³-hybridized carbons (Fsp3) is 0.778. The van der Waals surface area contributed by atoms with Gasteiger partial charge < -0.3 is 9.47 Å². The topological polar surface area (TPSA) is 18.5 Å². The predicted molar refractivity (Wildman–Crippen MR) is 87.9 cm³/mol. The molecule has 0 N–H and O–H groups in total. The van der Waals surface area contributed by atoms with E-state index < -0.39 is 0 Å². The summed E-state index contributed by atoms with van der Waals surface area (Å²) in [7, 11) is 0. The Bertz CT molecular complexity index is 224. The Hall–Kier alpha value is -0.600. The molecule has 0 spiro atoms. The highest BCUT2D eigenvalue weighted by Crippen LogP contribution is 2.09. The summed E-state index contributed by atoms with van der Waals surface area (Å²) in [5.41, 5.74) is 0. The Morgan fingerprint density at radius 3 is 1.95 bits per heavy atom. The molecule has 2 heteroatoms. The maximum Gasteiger partial charge on any atom is 0.157 e. The van der Waals surface area contributed by atoms with Gasteiger partial charge in [0.25, 0.3) is 0 Å². The highest BCUT2D eigenvalue weighted by Gasteiger charge is 2.08. The number of hydrogen-bond acceptors (Lipinski definition) is 2. The zero-order chi connectivity index (χ0) is 14.9. The Kier molecular flexibility index (Phi) is 16.0. The van der Waals surface area contributed by atoms with Crippen molar-refractivity contribution in [2.24, 2.45) is 0 Å². The minimum Gasteiger partial charge on any atom is -0.353 e. The molecule has 118 valence electrons. The van der Waals surface area contributed by atoms with Crippen LogP contribution in [0.5, 0.6) is 0 Å². The first-order valence-electron chi connectivity index (χ1n) is 8.39. The minimum atomic E-state index is -0.00677.